The predicted octanol–water partition coefficient (Wildman–Crippen LogP) is 3.76. The molecule has 0 atom stereocenters. The minimum atomic E-state index is -0.439. The van der Waals surface area contributed by atoms with Crippen LogP contribution < -0.4 is 10.6 Å². The van der Waals surface area contributed by atoms with Gasteiger partial charge in [0.15, 0.2) is 5.82 Å². The van der Waals surface area contributed by atoms with Gasteiger partial charge in [0.25, 0.3) is 0 Å². The van der Waals surface area contributed by atoms with Crippen LogP contribution in [0.2, 0.25) is 0 Å². The van der Waals surface area contributed by atoms with Crippen molar-refractivity contribution >= 4 is 29.1 Å². The number of carbonyl (C=O) groups excluding carboxylic acids is 1. The van der Waals surface area contributed by atoms with Crippen molar-refractivity contribution in [1.29, 1.82) is 0 Å². The summed E-state index contributed by atoms with van der Waals surface area (Å²) in [5, 5.41) is 14.1. The molecule has 3 rings (SSSR count). The molecule has 26 heavy (non-hydrogen) atoms. The van der Waals surface area contributed by atoms with Gasteiger partial charge in [-0.1, -0.05) is 18.2 Å². The van der Waals surface area contributed by atoms with Crippen LogP contribution in [0.25, 0.3) is 0 Å². The number of hydrogen-bond donors (Lipinski definition) is 2. The zero-order chi connectivity index (χ0) is 18.5. The van der Waals surface area contributed by atoms with Crippen molar-refractivity contribution in [2.45, 2.75) is 13.8 Å². The number of ether oxygens (including phenoxy) is 1. The summed E-state index contributed by atoms with van der Waals surface area (Å²) in [5.74, 6) is 0.377. The monoisotopic (exact) mass is 349 g/mol. The van der Waals surface area contributed by atoms with E-state index in [1.165, 1.54) is 24.4 Å². The number of esters is 1. The molecule has 0 spiro atoms. The van der Waals surface area contributed by atoms with Crippen molar-refractivity contribution in [3.63, 3.8) is 0 Å². The molecule has 2 N–H and O–H groups in total. The molecule has 0 aliphatic heterocycles. The highest BCUT2D eigenvalue weighted by atomic mass is 16.5. The first-order valence-electron chi connectivity index (χ1n) is 8.05. The number of nitrogens with zero attached hydrogens (tertiary/aromatic N) is 3. The van der Waals surface area contributed by atoms with E-state index in [0.717, 1.165) is 5.69 Å². The van der Waals surface area contributed by atoms with Crippen LogP contribution in [0.1, 0.15) is 21.5 Å². The van der Waals surface area contributed by atoms with Gasteiger partial charge in [0.1, 0.15) is 0 Å². The van der Waals surface area contributed by atoms with E-state index < -0.39 is 5.97 Å². The highest BCUT2D eigenvalue weighted by molar-refractivity contribution is 5.96. The van der Waals surface area contributed by atoms with E-state index in [9.17, 15) is 4.79 Å². The van der Waals surface area contributed by atoms with E-state index in [4.69, 9.17) is 4.74 Å². The Bertz CT molecular complexity index is 943. The molecular formula is C19H19N5O2. The number of rotatable bonds is 5. The largest absolute Gasteiger partial charge is 0.465 e. The first kappa shape index (κ1) is 17.3. The van der Waals surface area contributed by atoms with E-state index >= 15 is 0 Å². The smallest absolute Gasteiger partial charge is 0.339 e. The van der Waals surface area contributed by atoms with E-state index in [1.54, 1.807) is 24.3 Å². The molecular weight excluding hydrogens is 330 g/mol. The van der Waals surface area contributed by atoms with Crippen molar-refractivity contribution in [3.05, 3.63) is 65.4 Å². The first-order valence-corrected chi connectivity index (χ1v) is 8.05. The number of para-hydroxylation sites is 1. The van der Waals surface area contributed by atoms with Gasteiger partial charge >= 0.3 is 5.97 Å². The molecule has 7 nitrogen and oxygen atoms in total. The Kier molecular flexibility index (Phi) is 5.07. The molecule has 2 aromatic carbocycles. The SMILES string of the molecule is COC(=O)c1ccccc1Nc1nncc(Nc2ccc(C)c(C)c2)n1. The van der Waals surface area contributed by atoms with Crippen LogP contribution in [0, 0.1) is 13.8 Å². The first-order chi connectivity index (χ1) is 12.6. The van der Waals surface area contributed by atoms with E-state index in [2.05, 4.69) is 39.7 Å². The third-order valence-corrected chi connectivity index (χ3v) is 3.92. The number of benzene rings is 2. The summed E-state index contributed by atoms with van der Waals surface area (Å²) in [6, 6.07) is 13.0. The molecule has 3 aromatic rings. The lowest BCUT2D eigenvalue weighted by atomic mass is 10.1. The van der Waals surface area contributed by atoms with Crippen LogP contribution in [0.3, 0.4) is 0 Å². The Labute approximate surface area is 151 Å². The molecule has 0 aliphatic rings. The second-order valence-electron chi connectivity index (χ2n) is 5.75. The van der Waals surface area contributed by atoms with Crippen molar-refractivity contribution in [2.24, 2.45) is 0 Å². The molecule has 1 aromatic heterocycles. The van der Waals surface area contributed by atoms with Crippen LogP contribution in [-0.4, -0.2) is 28.3 Å². The lowest BCUT2D eigenvalue weighted by molar-refractivity contribution is 0.0602. The third-order valence-electron chi connectivity index (χ3n) is 3.92. The summed E-state index contributed by atoms with van der Waals surface area (Å²) in [4.78, 5) is 16.3. The molecule has 0 bridgehead atoms. The van der Waals surface area contributed by atoms with Crippen molar-refractivity contribution in [3.8, 4) is 0 Å². The van der Waals surface area contributed by atoms with Gasteiger partial charge in [0.05, 0.1) is 24.6 Å². The Balaban J connectivity index is 1.82. The molecule has 0 saturated heterocycles. The third kappa shape index (κ3) is 3.94. The maximum Gasteiger partial charge on any atom is 0.339 e. The molecule has 0 aliphatic carbocycles. The molecule has 132 valence electrons. The lowest BCUT2D eigenvalue weighted by Crippen LogP contribution is -2.08. The number of hydrogen-bond acceptors (Lipinski definition) is 7. The maximum absolute atomic E-state index is 11.9. The minimum absolute atomic E-state index is 0.273. The van der Waals surface area contributed by atoms with Gasteiger partial charge in [-0.2, -0.15) is 10.1 Å². The molecule has 0 fully saturated rings. The molecule has 1 heterocycles. The number of nitrogens with one attached hydrogen (secondary N) is 2. The van der Waals surface area contributed by atoms with E-state index in [-0.39, 0.29) is 5.95 Å². The highest BCUT2D eigenvalue weighted by Gasteiger charge is 2.12. The molecule has 0 amide bonds. The Hall–Kier alpha value is -3.48. The summed E-state index contributed by atoms with van der Waals surface area (Å²) in [6.07, 6.45) is 1.53. The lowest BCUT2D eigenvalue weighted by Gasteiger charge is -2.11. The van der Waals surface area contributed by atoms with Crippen LogP contribution in [0.15, 0.2) is 48.7 Å². The van der Waals surface area contributed by atoms with Crippen molar-refractivity contribution in [2.75, 3.05) is 17.7 Å². The van der Waals surface area contributed by atoms with E-state index in [0.29, 0.717) is 17.1 Å². The van der Waals surface area contributed by atoms with Gasteiger partial charge in [-0.25, -0.2) is 4.79 Å². The number of aryl methyl sites for hydroxylation is 2. The van der Waals surface area contributed by atoms with Crippen LogP contribution in [-0.2, 0) is 4.74 Å². The van der Waals surface area contributed by atoms with Gasteiger partial charge in [-0.3, -0.25) is 0 Å². The second-order valence-corrected chi connectivity index (χ2v) is 5.75. The zero-order valence-corrected chi connectivity index (χ0v) is 14.8. The fourth-order valence-corrected chi connectivity index (χ4v) is 2.38. The van der Waals surface area contributed by atoms with Crippen molar-refractivity contribution in [1.82, 2.24) is 15.2 Å². The average molecular weight is 349 g/mol. The molecule has 0 saturated carbocycles. The Morgan fingerprint density at radius 1 is 1.04 bits per heavy atom. The minimum Gasteiger partial charge on any atom is -0.465 e. The molecule has 0 unspecified atom stereocenters. The fourth-order valence-electron chi connectivity index (χ4n) is 2.38. The van der Waals surface area contributed by atoms with Gasteiger partial charge < -0.3 is 15.4 Å². The standard InChI is InChI=1S/C19H19N5O2/c1-12-8-9-14(10-13(12)2)21-17-11-20-24-19(23-17)22-16-7-5-4-6-15(16)18(25)26-3/h4-11H,1-3H3,(H2,21,22,23,24). The summed E-state index contributed by atoms with van der Waals surface area (Å²) < 4.78 is 4.79. The predicted molar refractivity (Wildman–Crippen MR) is 100 cm³/mol. The molecule has 7 heteroatoms. The van der Waals surface area contributed by atoms with E-state index in [1.807, 2.05) is 18.2 Å². The van der Waals surface area contributed by atoms with Gasteiger partial charge in [-0.05, 0) is 49.2 Å². The number of aromatic nitrogens is 3. The van der Waals surface area contributed by atoms with Crippen LogP contribution >= 0.6 is 0 Å². The normalized spacial score (nSPS) is 10.3. The number of anilines is 4. The summed E-state index contributed by atoms with van der Waals surface area (Å²) in [5.41, 5.74) is 4.26. The van der Waals surface area contributed by atoms with Gasteiger partial charge in [0, 0.05) is 5.69 Å². The van der Waals surface area contributed by atoms with Gasteiger partial charge in [-0.15, -0.1) is 5.10 Å². The summed E-state index contributed by atoms with van der Waals surface area (Å²) in [6.45, 7) is 4.11. The highest BCUT2D eigenvalue weighted by Crippen LogP contribution is 2.21. The van der Waals surface area contributed by atoms with Gasteiger partial charge in [0.2, 0.25) is 5.95 Å². The molecule has 0 radical (unpaired) electrons. The quantitative estimate of drug-likeness (QED) is 0.678. The summed E-state index contributed by atoms with van der Waals surface area (Å²) in [7, 11) is 1.34. The number of methoxy groups -OCH3 is 1. The average Bonchev–Trinajstić information content (AvgIpc) is 2.65. The number of carbonyl (C=O) groups is 1. The van der Waals surface area contributed by atoms with Crippen LogP contribution in [0.4, 0.5) is 23.1 Å². The Morgan fingerprint density at radius 2 is 1.85 bits per heavy atom. The maximum atomic E-state index is 11.9. The van der Waals surface area contributed by atoms with Crippen molar-refractivity contribution < 1.29 is 9.53 Å². The summed E-state index contributed by atoms with van der Waals surface area (Å²) >= 11 is 0. The Morgan fingerprint density at radius 3 is 2.62 bits per heavy atom. The second kappa shape index (κ2) is 7.60. The van der Waals surface area contributed by atoms with Crippen LogP contribution in [0.5, 0.6) is 0 Å². The topological polar surface area (TPSA) is 89.0 Å². The fraction of sp³-hybridized carbons (Fsp3) is 0.158. The zero-order valence-electron chi connectivity index (χ0n) is 14.8.